The van der Waals surface area contributed by atoms with Crippen LogP contribution in [0.2, 0.25) is 19.6 Å². The van der Waals surface area contributed by atoms with E-state index in [0.29, 0.717) is 5.56 Å². The van der Waals surface area contributed by atoms with Crippen LogP contribution in [0.4, 0.5) is 0 Å². The van der Waals surface area contributed by atoms with Crippen LogP contribution >= 0.6 is 0 Å². The Morgan fingerprint density at radius 1 is 1.16 bits per heavy atom. The maximum absolute atomic E-state index is 13.3. The number of hydrogen-bond donors (Lipinski definition) is 0. The van der Waals surface area contributed by atoms with Crippen LogP contribution in [0.1, 0.15) is 18.1 Å². The standard InChI is InChI=1S/C18H29NO5Si/c1-8-23-17(21)18(24-25(5,6)7,16(20)19(3)13-22-4)15-11-9-14(2)10-12-15/h9-12H,8,13H2,1-7H3. The smallest absolute Gasteiger partial charge is 0.352 e. The lowest BCUT2D eigenvalue weighted by molar-refractivity contribution is -0.176. The molecule has 0 aromatic heterocycles. The van der Waals surface area contributed by atoms with E-state index in [-0.39, 0.29) is 13.3 Å². The maximum Gasteiger partial charge on any atom is 0.352 e. The highest BCUT2D eigenvalue weighted by Gasteiger charge is 2.54. The Kier molecular flexibility index (Phi) is 7.34. The summed E-state index contributed by atoms with van der Waals surface area (Å²) < 4.78 is 16.5. The lowest BCUT2D eigenvalue weighted by Crippen LogP contribution is -2.57. The molecule has 0 spiro atoms. The van der Waals surface area contributed by atoms with Crippen molar-refractivity contribution in [2.24, 2.45) is 0 Å². The molecule has 0 bridgehead atoms. The van der Waals surface area contributed by atoms with E-state index in [1.165, 1.54) is 12.0 Å². The number of carbonyl (C=O) groups is 2. The van der Waals surface area contributed by atoms with Crippen molar-refractivity contribution in [1.82, 2.24) is 4.90 Å². The summed E-state index contributed by atoms with van der Waals surface area (Å²) in [6.07, 6.45) is 0. The van der Waals surface area contributed by atoms with Gasteiger partial charge in [-0.2, -0.15) is 0 Å². The van der Waals surface area contributed by atoms with Crippen molar-refractivity contribution in [3.8, 4) is 0 Å². The number of benzene rings is 1. The summed E-state index contributed by atoms with van der Waals surface area (Å²) in [7, 11) is 0.757. The fourth-order valence-corrected chi connectivity index (χ4v) is 3.68. The first-order chi connectivity index (χ1) is 11.6. The lowest BCUT2D eigenvalue weighted by atomic mass is 9.91. The van der Waals surface area contributed by atoms with Crippen LogP contribution in [-0.2, 0) is 29.1 Å². The molecule has 1 aromatic rings. The summed E-state index contributed by atoms with van der Waals surface area (Å²) in [5.41, 5.74) is -0.347. The molecule has 0 aliphatic rings. The second-order valence-electron chi connectivity index (χ2n) is 6.90. The van der Waals surface area contributed by atoms with E-state index in [4.69, 9.17) is 13.9 Å². The first kappa shape index (κ1) is 21.3. The summed E-state index contributed by atoms with van der Waals surface area (Å²) in [5.74, 6) is -1.20. The van der Waals surface area contributed by atoms with Gasteiger partial charge in [-0.15, -0.1) is 0 Å². The summed E-state index contributed by atoms with van der Waals surface area (Å²) in [5, 5.41) is 0. The Morgan fingerprint density at radius 2 is 1.72 bits per heavy atom. The first-order valence-electron chi connectivity index (χ1n) is 8.27. The topological polar surface area (TPSA) is 65.1 Å². The molecule has 1 aromatic carbocycles. The number of likely N-dealkylation sites (N-methyl/N-ethyl adjacent to an activating group) is 1. The number of carbonyl (C=O) groups excluding carboxylic acids is 2. The number of rotatable bonds is 8. The number of esters is 1. The van der Waals surface area contributed by atoms with Crippen LogP contribution in [-0.4, -0.2) is 52.6 Å². The fraction of sp³-hybridized carbons (Fsp3) is 0.556. The second kappa shape index (κ2) is 8.60. The first-order valence-corrected chi connectivity index (χ1v) is 11.7. The Balaban J connectivity index is 3.59. The molecular formula is C18H29NO5Si. The highest BCUT2D eigenvalue weighted by atomic mass is 28.4. The molecule has 0 radical (unpaired) electrons. The summed E-state index contributed by atoms with van der Waals surface area (Å²) in [6, 6.07) is 7.18. The van der Waals surface area contributed by atoms with Gasteiger partial charge in [-0.1, -0.05) is 29.8 Å². The van der Waals surface area contributed by atoms with Gasteiger partial charge < -0.3 is 18.8 Å². The third-order valence-electron chi connectivity index (χ3n) is 3.45. The van der Waals surface area contributed by atoms with Gasteiger partial charge in [0.05, 0.1) is 6.61 Å². The predicted octanol–water partition coefficient (Wildman–Crippen LogP) is 2.67. The van der Waals surface area contributed by atoms with Crippen molar-refractivity contribution < 1.29 is 23.5 Å². The van der Waals surface area contributed by atoms with Crippen molar-refractivity contribution in [2.45, 2.75) is 39.1 Å². The third-order valence-corrected chi connectivity index (χ3v) is 4.37. The lowest BCUT2D eigenvalue weighted by Gasteiger charge is -2.38. The normalized spacial score (nSPS) is 13.9. The average molecular weight is 368 g/mol. The van der Waals surface area contributed by atoms with Gasteiger partial charge in [0.2, 0.25) is 0 Å². The number of methoxy groups -OCH3 is 1. The molecule has 1 amide bonds. The Bertz CT molecular complexity index is 596. The minimum Gasteiger partial charge on any atom is -0.463 e. The van der Waals surface area contributed by atoms with Crippen molar-refractivity contribution in [3.05, 3.63) is 35.4 Å². The number of ether oxygens (including phenoxy) is 2. The van der Waals surface area contributed by atoms with E-state index in [1.54, 1.807) is 26.1 Å². The molecule has 7 heteroatoms. The molecule has 0 aliphatic carbocycles. The van der Waals surface area contributed by atoms with Crippen LogP contribution in [0, 0.1) is 6.92 Å². The molecule has 0 aliphatic heterocycles. The SMILES string of the molecule is CCOC(=O)C(O[Si](C)(C)C)(C(=O)N(C)COC)c1ccc(C)cc1. The molecule has 0 fully saturated rings. The summed E-state index contributed by atoms with van der Waals surface area (Å²) in [6.45, 7) is 9.63. The minimum absolute atomic E-state index is 0.0426. The van der Waals surface area contributed by atoms with Gasteiger partial charge in [0.25, 0.3) is 11.5 Å². The van der Waals surface area contributed by atoms with Crippen molar-refractivity contribution in [1.29, 1.82) is 0 Å². The molecular weight excluding hydrogens is 338 g/mol. The van der Waals surface area contributed by atoms with E-state index in [1.807, 2.05) is 38.7 Å². The van der Waals surface area contributed by atoms with Gasteiger partial charge in [-0.25, -0.2) is 4.79 Å². The fourth-order valence-electron chi connectivity index (χ4n) is 2.47. The zero-order valence-corrected chi connectivity index (χ0v) is 17.2. The quantitative estimate of drug-likeness (QED) is 0.306. The molecule has 0 N–H and O–H groups in total. The molecule has 1 rings (SSSR count). The van der Waals surface area contributed by atoms with E-state index < -0.39 is 25.8 Å². The van der Waals surface area contributed by atoms with Gasteiger partial charge in [0.15, 0.2) is 8.32 Å². The zero-order chi connectivity index (χ0) is 19.3. The third kappa shape index (κ3) is 5.13. The van der Waals surface area contributed by atoms with Gasteiger partial charge >= 0.3 is 5.97 Å². The molecule has 1 atom stereocenters. The number of hydrogen-bond acceptors (Lipinski definition) is 5. The summed E-state index contributed by atoms with van der Waals surface area (Å²) >= 11 is 0. The molecule has 1 unspecified atom stereocenters. The molecule has 0 saturated carbocycles. The van der Waals surface area contributed by atoms with Gasteiger partial charge in [-0.05, 0) is 33.5 Å². The minimum atomic E-state index is -2.30. The van der Waals surface area contributed by atoms with Crippen molar-refractivity contribution in [3.63, 3.8) is 0 Å². The predicted molar refractivity (Wildman–Crippen MR) is 98.6 cm³/mol. The highest BCUT2D eigenvalue weighted by Crippen LogP contribution is 2.33. The van der Waals surface area contributed by atoms with Crippen LogP contribution in [0.5, 0.6) is 0 Å². The molecule has 6 nitrogen and oxygen atoms in total. The van der Waals surface area contributed by atoms with E-state index >= 15 is 0 Å². The van der Waals surface area contributed by atoms with E-state index in [0.717, 1.165) is 5.56 Å². The van der Waals surface area contributed by atoms with Crippen molar-refractivity contribution >= 4 is 20.2 Å². The molecule has 140 valence electrons. The summed E-state index contributed by atoms with van der Waals surface area (Å²) in [4.78, 5) is 27.6. The Labute approximate surface area is 151 Å². The number of amides is 1. The Hall–Kier alpha value is -1.70. The van der Waals surface area contributed by atoms with Gasteiger partial charge in [0.1, 0.15) is 6.73 Å². The van der Waals surface area contributed by atoms with Gasteiger partial charge in [-0.3, -0.25) is 4.79 Å². The van der Waals surface area contributed by atoms with Crippen LogP contribution < -0.4 is 0 Å². The molecule has 25 heavy (non-hydrogen) atoms. The van der Waals surface area contributed by atoms with E-state index in [2.05, 4.69) is 0 Å². The van der Waals surface area contributed by atoms with E-state index in [9.17, 15) is 9.59 Å². The van der Waals surface area contributed by atoms with Crippen LogP contribution in [0.3, 0.4) is 0 Å². The Morgan fingerprint density at radius 3 is 2.16 bits per heavy atom. The number of nitrogens with zero attached hydrogens (tertiary/aromatic N) is 1. The monoisotopic (exact) mass is 367 g/mol. The highest BCUT2D eigenvalue weighted by molar-refractivity contribution is 6.70. The second-order valence-corrected chi connectivity index (χ2v) is 11.3. The average Bonchev–Trinajstić information content (AvgIpc) is 2.52. The van der Waals surface area contributed by atoms with Crippen LogP contribution in [0.15, 0.2) is 24.3 Å². The number of aryl methyl sites for hydroxylation is 1. The van der Waals surface area contributed by atoms with Crippen molar-refractivity contribution in [2.75, 3.05) is 27.5 Å². The van der Waals surface area contributed by atoms with Crippen LogP contribution in [0.25, 0.3) is 0 Å². The molecule has 0 heterocycles. The largest absolute Gasteiger partial charge is 0.463 e. The maximum atomic E-state index is 13.3. The molecule has 0 saturated heterocycles. The zero-order valence-electron chi connectivity index (χ0n) is 16.2. The van der Waals surface area contributed by atoms with Gasteiger partial charge in [0, 0.05) is 19.7 Å².